The van der Waals surface area contributed by atoms with Crippen LogP contribution in [0.1, 0.15) is 32.6 Å². The molecule has 2 rings (SSSR count). The molecular weight excluding hydrogens is 228 g/mol. The van der Waals surface area contributed by atoms with Gasteiger partial charge in [-0.1, -0.05) is 0 Å². The minimum absolute atomic E-state index is 0.600. The van der Waals surface area contributed by atoms with Gasteiger partial charge in [-0.2, -0.15) is 4.98 Å². The Morgan fingerprint density at radius 2 is 2.28 bits per heavy atom. The van der Waals surface area contributed by atoms with Gasteiger partial charge in [-0.3, -0.25) is 4.98 Å². The van der Waals surface area contributed by atoms with Crippen LogP contribution in [0.4, 0.5) is 5.82 Å². The van der Waals surface area contributed by atoms with Gasteiger partial charge in [0.2, 0.25) is 5.88 Å². The van der Waals surface area contributed by atoms with E-state index in [1.54, 1.807) is 6.20 Å². The van der Waals surface area contributed by atoms with Gasteiger partial charge >= 0.3 is 0 Å². The minimum Gasteiger partial charge on any atom is -0.477 e. The van der Waals surface area contributed by atoms with E-state index in [1.807, 2.05) is 13.1 Å². The Labute approximate surface area is 108 Å². The molecule has 0 bridgehead atoms. The molecular formula is C13H22N4O. The smallest absolute Gasteiger partial charge is 0.234 e. The summed E-state index contributed by atoms with van der Waals surface area (Å²) in [5.74, 6) is 1.52. The summed E-state index contributed by atoms with van der Waals surface area (Å²) in [7, 11) is 0. The van der Waals surface area contributed by atoms with E-state index in [1.165, 1.54) is 19.3 Å². The summed E-state index contributed by atoms with van der Waals surface area (Å²) in [5.41, 5.74) is 5.60. The van der Waals surface area contributed by atoms with Crippen LogP contribution in [0.5, 0.6) is 5.88 Å². The van der Waals surface area contributed by atoms with Crippen LogP contribution in [-0.2, 0) is 0 Å². The Hall–Kier alpha value is -1.36. The highest BCUT2D eigenvalue weighted by Gasteiger charge is 2.26. The minimum atomic E-state index is 0.600. The van der Waals surface area contributed by atoms with Crippen molar-refractivity contribution in [2.75, 3.05) is 24.6 Å². The summed E-state index contributed by atoms with van der Waals surface area (Å²) in [6.45, 7) is 4.23. The van der Waals surface area contributed by atoms with E-state index >= 15 is 0 Å². The fraction of sp³-hybridized carbons (Fsp3) is 0.692. The molecule has 1 aliphatic rings. The first-order valence-corrected chi connectivity index (χ1v) is 6.76. The van der Waals surface area contributed by atoms with Gasteiger partial charge in [0.05, 0.1) is 19.0 Å². The maximum atomic E-state index is 5.60. The van der Waals surface area contributed by atoms with Crippen LogP contribution in [0.3, 0.4) is 0 Å². The van der Waals surface area contributed by atoms with Crippen molar-refractivity contribution in [1.29, 1.82) is 0 Å². The van der Waals surface area contributed by atoms with Gasteiger partial charge < -0.3 is 15.4 Å². The molecule has 1 heterocycles. The van der Waals surface area contributed by atoms with Gasteiger partial charge in [-0.15, -0.1) is 0 Å². The molecule has 5 heteroatoms. The number of ether oxygens (including phenoxy) is 1. The molecule has 0 aliphatic heterocycles. The second-order valence-electron chi connectivity index (χ2n) is 4.57. The van der Waals surface area contributed by atoms with Crippen LogP contribution in [0.25, 0.3) is 0 Å². The zero-order valence-electron chi connectivity index (χ0n) is 11.0. The molecule has 0 radical (unpaired) electrons. The zero-order valence-corrected chi connectivity index (χ0v) is 11.0. The highest BCUT2D eigenvalue weighted by Crippen LogP contribution is 2.28. The average molecular weight is 250 g/mol. The van der Waals surface area contributed by atoms with E-state index in [-0.39, 0.29) is 0 Å². The summed E-state index contributed by atoms with van der Waals surface area (Å²) < 4.78 is 5.41. The van der Waals surface area contributed by atoms with Crippen molar-refractivity contribution in [2.45, 2.75) is 38.6 Å². The second kappa shape index (κ2) is 6.54. The predicted molar refractivity (Wildman–Crippen MR) is 71.9 cm³/mol. The topological polar surface area (TPSA) is 64.3 Å². The van der Waals surface area contributed by atoms with Crippen LogP contribution in [0.15, 0.2) is 12.4 Å². The van der Waals surface area contributed by atoms with Crippen LogP contribution >= 0.6 is 0 Å². The summed E-state index contributed by atoms with van der Waals surface area (Å²) >= 11 is 0. The Bertz CT molecular complexity index is 368. The van der Waals surface area contributed by atoms with Gasteiger partial charge in [0.15, 0.2) is 5.82 Å². The number of nitrogens with zero attached hydrogens (tertiary/aromatic N) is 3. The second-order valence-corrected chi connectivity index (χ2v) is 4.57. The number of hydrogen-bond acceptors (Lipinski definition) is 5. The first-order chi connectivity index (χ1) is 8.85. The van der Waals surface area contributed by atoms with Crippen molar-refractivity contribution in [1.82, 2.24) is 9.97 Å². The molecule has 0 spiro atoms. The maximum Gasteiger partial charge on any atom is 0.234 e. The lowest BCUT2D eigenvalue weighted by Crippen LogP contribution is -2.42. The standard InChI is InChI=1S/C13H22N4O/c1-2-18-13-10-15-9-12(16-13)17(8-4-7-14)11-5-3-6-11/h9-11H,2-8,14H2,1H3. The van der Waals surface area contributed by atoms with Crippen LogP contribution < -0.4 is 15.4 Å². The molecule has 0 aromatic carbocycles. The Kier molecular flexibility index (Phi) is 4.75. The molecule has 1 aromatic heterocycles. The fourth-order valence-electron chi connectivity index (χ4n) is 2.14. The molecule has 100 valence electrons. The molecule has 1 aromatic rings. The lowest BCUT2D eigenvalue weighted by Gasteiger charge is -2.38. The normalized spacial score (nSPS) is 15.2. The Balaban J connectivity index is 2.10. The third kappa shape index (κ3) is 3.10. The van der Waals surface area contributed by atoms with Crippen molar-refractivity contribution in [3.05, 3.63) is 12.4 Å². The lowest BCUT2D eigenvalue weighted by atomic mass is 9.91. The summed E-state index contributed by atoms with van der Waals surface area (Å²) in [4.78, 5) is 11.1. The highest BCUT2D eigenvalue weighted by molar-refractivity contribution is 5.39. The van der Waals surface area contributed by atoms with E-state index in [9.17, 15) is 0 Å². The first kappa shape index (κ1) is 13.1. The monoisotopic (exact) mass is 250 g/mol. The third-order valence-corrected chi connectivity index (χ3v) is 3.30. The van der Waals surface area contributed by atoms with Crippen LogP contribution in [0, 0.1) is 0 Å². The molecule has 18 heavy (non-hydrogen) atoms. The van der Waals surface area contributed by atoms with E-state index in [2.05, 4.69) is 14.9 Å². The molecule has 1 fully saturated rings. The van der Waals surface area contributed by atoms with Gasteiger partial charge in [-0.25, -0.2) is 0 Å². The quantitative estimate of drug-likeness (QED) is 0.796. The average Bonchev–Trinajstić information content (AvgIpc) is 2.33. The molecule has 0 atom stereocenters. The van der Waals surface area contributed by atoms with Gasteiger partial charge in [-0.05, 0) is 39.2 Å². The molecule has 1 aliphatic carbocycles. The number of nitrogens with two attached hydrogens (primary N) is 1. The van der Waals surface area contributed by atoms with Crippen molar-refractivity contribution in [3.8, 4) is 5.88 Å². The first-order valence-electron chi connectivity index (χ1n) is 6.76. The number of rotatable bonds is 7. The van der Waals surface area contributed by atoms with E-state index in [4.69, 9.17) is 10.5 Å². The number of hydrogen-bond donors (Lipinski definition) is 1. The maximum absolute atomic E-state index is 5.60. The molecule has 2 N–H and O–H groups in total. The van der Waals surface area contributed by atoms with Crippen LogP contribution in [-0.4, -0.2) is 35.7 Å². The fourth-order valence-corrected chi connectivity index (χ4v) is 2.14. The summed E-state index contributed by atoms with van der Waals surface area (Å²) in [6.07, 6.45) is 8.25. The van der Waals surface area contributed by atoms with E-state index in [0.29, 0.717) is 25.1 Å². The van der Waals surface area contributed by atoms with Gasteiger partial charge in [0.25, 0.3) is 0 Å². The van der Waals surface area contributed by atoms with Gasteiger partial charge in [0.1, 0.15) is 0 Å². The summed E-state index contributed by atoms with van der Waals surface area (Å²) in [5, 5.41) is 0. The molecule has 5 nitrogen and oxygen atoms in total. The molecule has 1 saturated carbocycles. The zero-order chi connectivity index (χ0) is 12.8. The Morgan fingerprint density at radius 3 is 2.89 bits per heavy atom. The van der Waals surface area contributed by atoms with E-state index in [0.717, 1.165) is 18.8 Å². The molecule has 0 unspecified atom stereocenters. The molecule has 0 saturated heterocycles. The lowest BCUT2D eigenvalue weighted by molar-refractivity contribution is 0.323. The van der Waals surface area contributed by atoms with Gasteiger partial charge in [0, 0.05) is 12.6 Å². The largest absolute Gasteiger partial charge is 0.477 e. The van der Waals surface area contributed by atoms with E-state index < -0.39 is 0 Å². The highest BCUT2D eigenvalue weighted by atomic mass is 16.5. The third-order valence-electron chi connectivity index (χ3n) is 3.30. The number of aromatic nitrogens is 2. The van der Waals surface area contributed by atoms with Crippen molar-refractivity contribution >= 4 is 5.82 Å². The van der Waals surface area contributed by atoms with Crippen LogP contribution in [0.2, 0.25) is 0 Å². The van der Waals surface area contributed by atoms with Crippen molar-refractivity contribution in [3.63, 3.8) is 0 Å². The predicted octanol–water partition coefficient (Wildman–Crippen LogP) is 1.58. The number of anilines is 1. The Morgan fingerprint density at radius 1 is 1.44 bits per heavy atom. The van der Waals surface area contributed by atoms with Crippen molar-refractivity contribution in [2.24, 2.45) is 5.73 Å². The van der Waals surface area contributed by atoms with Crippen molar-refractivity contribution < 1.29 is 4.74 Å². The molecule has 0 amide bonds. The SMILES string of the molecule is CCOc1cncc(N(CCCN)C2CCC2)n1. The summed E-state index contributed by atoms with van der Waals surface area (Å²) in [6, 6.07) is 0.600.